The predicted molar refractivity (Wildman–Crippen MR) is 46.5 cm³/mol. The van der Waals surface area contributed by atoms with Gasteiger partial charge >= 0.3 is 0 Å². The SMILES string of the molecule is C[C](C)CC1(c2c[nH]nn2)CC1. The summed E-state index contributed by atoms with van der Waals surface area (Å²) in [7, 11) is 0. The fourth-order valence-corrected chi connectivity index (χ4v) is 1.81. The van der Waals surface area contributed by atoms with Gasteiger partial charge in [-0.25, -0.2) is 0 Å². The van der Waals surface area contributed by atoms with Gasteiger partial charge in [-0.3, -0.25) is 5.10 Å². The first-order chi connectivity index (χ1) is 5.73. The number of aromatic amines is 1. The minimum Gasteiger partial charge on any atom is -0.265 e. The average Bonchev–Trinajstić information content (AvgIpc) is 2.61. The zero-order chi connectivity index (χ0) is 8.60. The second-order valence-electron chi connectivity index (χ2n) is 4.02. The summed E-state index contributed by atoms with van der Waals surface area (Å²) < 4.78 is 0. The molecular formula is C9H14N3. The first-order valence-electron chi connectivity index (χ1n) is 4.39. The van der Waals surface area contributed by atoms with Crippen LogP contribution in [0.15, 0.2) is 6.20 Å². The molecule has 0 spiro atoms. The zero-order valence-electron chi connectivity index (χ0n) is 7.59. The second-order valence-corrected chi connectivity index (χ2v) is 4.02. The monoisotopic (exact) mass is 164 g/mol. The molecule has 0 bridgehead atoms. The maximum Gasteiger partial charge on any atom is 0.0886 e. The first kappa shape index (κ1) is 7.77. The summed E-state index contributed by atoms with van der Waals surface area (Å²) in [5.41, 5.74) is 1.50. The predicted octanol–water partition coefficient (Wildman–Crippen LogP) is 1.84. The highest BCUT2D eigenvalue weighted by atomic mass is 15.3. The molecule has 3 nitrogen and oxygen atoms in total. The molecule has 1 fully saturated rings. The van der Waals surface area contributed by atoms with E-state index in [0.717, 1.165) is 5.69 Å². The molecule has 0 amide bonds. The van der Waals surface area contributed by atoms with Gasteiger partial charge in [-0.05, 0) is 25.2 Å². The van der Waals surface area contributed by atoms with Crippen LogP contribution >= 0.6 is 0 Å². The molecule has 1 aliphatic rings. The molecule has 0 aromatic carbocycles. The average molecular weight is 164 g/mol. The lowest BCUT2D eigenvalue weighted by molar-refractivity contribution is 0.611. The Hall–Kier alpha value is -0.860. The van der Waals surface area contributed by atoms with E-state index in [-0.39, 0.29) is 0 Å². The van der Waals surface area contributed by atoms with Gasteiger partial charge in [-0.2, -0.15) is 0 Å². The summed E-state index contributed by atoms with van der Waals surface area (Å²) >= 11 is 0. The van der Waals surface area contributed by atoms with Gasteiger partial charge in [0.2, 0.25) is 0 Å². The van der Waals surface area contributed by atoms with Gasteiger partial charge in [0.15, 0.2) is 0 Å². The van der Waals surface area contributed by atoms with E-state index in [1.54, 1.807) is 0 Å². The van der Waals surface area contributed by atoms with Crippen molar-refractivity contribution in [3.63, 3.8) is 0 Å². The molecular weight excluding hydrogens is 150 g/mol. The van der Waals surface area contributed by atoms with E-state index < -0.39 is 0 Å². The van der Waals surface area contributed by atoms with E-state index in [0.29, 0.717) is 5.41 Å². The Labute approximate surface area is 72.6 Å². The van der Waals surface area contributed by atoms with Crippen LogP contribution in [0.25, 0.3) is 0 Å². The molecule has 0 saturated heterocycles. The standard InChI is InChI=1S/C9H14N3/c1-7(2)5-9(3-4-9)8-6-10-12-11-8/h6H,3-5H2,1-2H3,(H,10,11,12). The van der Waals surface area contributed by atoms with Crippen molar-refractivity contribution in [2.75, 3.05) is 0 Å². The molecule has 1 heterocycles. The maximum atomic E-state index is 4.08. The minimum atomic E-state index is 0.353. The van der Waals surface area contributed by atoms with Crippen molar-refractivity contribution < 1.29 is 0 Å². The summed E-state index contributed by atoms with van der Waals surface area (Å²) in [5.74, 6) is 1.48. The summed E-state index contributed by atoms with van der Waals surface area (Å²) in [6, 6.07) is 0. The van der Waals surface area contributed by atoms with Crippen molar-refractivity contribution >= 4 is 0 Å². The molecule has 1 saturated carbocycles. The maximum absolute atomic E-state index is 4.08. The van der Waals surface area contributed by atoms with Crippen molar-refractivity contribution in [3.8, 4) is 0 Å². The van der Waals surface area contributed by atoms with Crippen LogP contribution in [0, 0.1) is 5.92 Å². The van der Waals surface area contributed by atoms with Crippen LogP contribution in [0.3, 0.4) is 0 Å². The van der Waals surface area contributed by atoms with Gasteiger partial charge in [0, 0.05) is 11.6 Å². The third-order valence-electron chi connectivity index (χ3n) is 2.51. The largest absolute Gasteiger partial charge is 0.265 e. The third-order valence-corrected chi connectivity index (χ3v) is 2.51. The number of rotatable bonds is 3. The van der Waals surface area contributed by atoms with Crippen LogP contribution in [0.5, 0.6) is 0 Å². The summed E-state index contributed by atoms with van der Waals surface area (Å²) in [6.07, 6.45) is 5.63. The van der Waals surface area contributed by atoms with E-state index in [1.807, 2.05) is 6.20 Å². The lowest BCUT2D eigenvalue weighted by Crippen LogP contribution is -2.09. The van der Waals surface area contributed by atoms with Gasteiger partial charge in [0.1, 0.15) is 0 Å². The fraction of sp³-hybridized carbons (Fsp3) is 0.667. The van der Waals surface area contributed by atoms with E-state index >= 15 is 0 Å². The molecule has 0 atom stereocenters. The van der Waals surface area contributed by atoms with Crippen LogP contribution < -0.4 is 0 Å². The van der Waals surface area contributed by atoms with E-state index in [1.165, 1.54) is 25.2 Å². The van der Waals surface area contributed by atoms with Gasteiger partial charge in [-0.15, -0.1) is 5.10 Å². The highest BCUT2D eigenvalue weighted by Crippen LogP contribution is 2.51. The quantitative estimate of drug-likeness (QED) is 0.740. The van der Waals surface area contributed by atoms with Crippen LogP contribution in [0.1, 0.15) is 38.8 Å². The van der Waals surface area contributed by atoms with E-state index in [9.17, 15) is 0 Å². The number of nitrogens with zero attached hydrogens (tertiary/aromatic N) is 2. The van der Waals surface area contributed by atoms with Gasteiger partial charge < -0.3 is 0 Å². The molecule has 2 rings (SSSR count). The zero-order valence-corrected chi connectivity index (χ0v) is 7.59. The van der Waals surface area contributed by atoms with Gasteiger partial charge in [0.05, 0.1) is 5.69 Å². The third kappa shape index (κ3) is 1.24. The molecule has 1 aromatic rings. The Morgan fingerprint density at radius 1 is 1.58 bits per heavy atom. The molecule has 0 aliphatic heterocycles. The molecule has 3 heteroatoms. The molecule has 12 heavy (non-hydrogen) atoms. The van der Waals surface area contributed by atoms with Crippen molar-refractivity contribution in [3.05, 3.63) is 17.8 Å². The van der Waals surface area contributed by atoms with Crippen LogP contribution in [-0.2, 0) is 5.41 Å². The van der Waals surface area contributed by atoms with Crippen molar-refractivity contribution in [2.45, 2.75) is 38.5 Å². The first-order valence-corrected chi connectivity index (χ1v) is 4.39. The van der Waals surface area contributed by atoms with Crippen LogP contribution in [0.2, 0.25) is 0 Å². The van der Waals surface area contributed by atoms with E-state index in [2.05, 4.69) is 29.3 Å². The number of aromatic nitrogens is 3. The molecule has 1 aliphatic carbocycles. The number of hydrogen-bond acceptors (Lipinski definition) is 2. The van der Waals surface area contributed by atoms with E-state index in [4.69, 9.17) is 0 Å². The molecule has 1 aromatic heterocycles. The van der Waals surface area contributed by atoms with Crippen LogP contribution in [-0.4, -0.2) is 15.4 Å². The van der Waals surface area contributed by atoms with Crippen LogP contribution in [0.4, 0.5) is 0 Å². The topological polar surface area (TPSA) is 41.6 Å². The lowest BCUT2D eigenvalue weighted by atomic mass is 9.92. The summed E-state index contributed by atoms with van der Waals surface area (Å²) in [6.45, 7) is 4.36. The Morgan fingerprint density at radius 2 is 2.33 bits per heavy atom. The van der Waals surface area contributed by atoms with Crippen molar-refractivity contribution in [1.29, 1.82) is 0 Å². The number of H-pyrrole nitrogens is 1. The summed E-state index contributed by atoms with van der Waals surface area (Å²) in [5, 5.41) is 10.6. The fourth-order valence-electron chi connectivity index (χ4n) is 1.81. The Balaban J connectivity index is 2.12. The molecule has 65 valence electrons. The highest BCUT2D eigenvalue weighted by Gasteiger charge is 2.46. The van der Waals surface area contributed by atoms with Gasteiger partial charge in [0.25, 0.3) is 0 Å². The molecule has 1 radical (unpaired) electrons. The summed E-state index contributed by atoms with van der Waals surface area (Å²) in [4.78, 5) is 0. The Kier molecular flexibility index (Phi) is 1.67. The normalized spacial score (nSPS) is 19.9. The van der Waals surface area contributed by atoms with Crippen molar-refractivity contribution in [1.82, 2.24) is 15.4 Å². The Morgan fingerprint density at radius 3 is 2.75 bits per heavy atom. The smallest absolute Gasteiger partial charge is 0.0886 e. The van der Waals surface area contributed by atoms with Crippen molar-refractivity contribution in [2.24, 2.45) is 0 Å². The minimum absolute atomic E-state index is 0.353. The lowest BCUT2D eigenvalue weighted by Gasteiger charge is -2.13. The van der Waals surface area contributed by atoms with Gasteiger partial charge in [-0.1, -0.05) is 19.1 Å². The molecule has 1 N–H and O–H groups in total. The number of nitrogens with one attached hydrogen (secondary N) is 1. The highest BCUT2D eigenvalue weighted by molar-refractivity contribution is 5.23. The number of hydrogen-bond donors (Lipinski definition) is 1. The molecule has 0 unspecified atom stereocenters. The second kappa shape index (κ2) is 2.57. The Bertz CT molecular complexity index is 247.